The van der Waals surface area contributed by atoms with Crippen LogP contribution < -0.4 is 11.1 Å². The van der Waals surface area contributed by atoms with Crippen LogP contribution in [0.4, 0.5) is 0 Å². The van der Waals surface area contributed by atoms with Crippen molar-refractivity contribution in [3.8, 4) is 6.07 Å². The van der Waals surface area contributed by atoms with Crippen LogP contribution in [0.5, 0.6) is 0 Å². The summed E-state index contributed by atoms with van der Waals surface area (Å²) in [5.74, 6) is 0.470. The summed E-state index contributed by atoms with van der Waals surface area (Å²) in [6.07, 6.45) is 10.6. The molecule has 3 rings (SSSR count). The highest BCUT2D eigenvalue weighted by molar-refractivity contribution is 5.59. The van der Waals surface area contributed by atoms with Gasteiger partial charge in [0.2, 0.25) is 0 Å². The van der Waals surface area contributed by atoms with E-state index in [0.717, 1.165) is 12.1 Å². The Hall–Kier alpha value is -1.89. The summed E-state index contributed by atoms with van der Waals surface area (Å²) in [4.78, 5) is 2.39. The standard InChI is InChI=1S/C14H18N4/c15-6-12-13-9-18(11-4-2-1-3-5-11)8-10(13)7-17-14(12)16/h7,9,11,17H,1-5,8,16H2. The van der Waals surface area contributed by atoms with Crippen molar-refractivity contribution in [1.82, 2.24) is 10.2 Å². The lowest BCUT2D eigenvalue weighted by atomic mass is 9.94. The Morgan fingerprint density at radius 1 is 1.33 bits per heavy atom. The van der Waals surface area contributed by atoms with Crippen molar-refractivity contribution in [2.75, 3.05) is 6.54 Å². The minimum Gasteiger partial charge on any atom is -0.384 e. The molecule has 1 fully saturated rings. The maximum Gasteiger partial charge on any atom is 0.119 e. The number of allylic oxidation sites excluding steroid dienone is 1. The zero-order valence-electron chi connectivity index (χ0n) is 10.4. The zero-order valence-corrected chi connectivity index (χ0v) is 10.4. The van der Waals surface area contributed by atoms with Gasteiger partial charge in [0.15, 0.2) is 0 Å². The molecule has 18 heavy (non-hydrogen) atoms. The van der Waals surface area contributed by atoms with E-state index in [1.165, 1.54) is 37.7 Å². The molecule has 0 spiro atoms. The number of hydrogen-bond acceptors (Lipinski definition) is 4. The molecular formula is C14H18N4. The molecule has 0 aromatic heterocycles. The molecule has 3 N–H and O–H groups in total. The van der Waals surface area contributed by atoms with Crippen LogP contribution in [0, 0.1) is 11.3 Å². The lowest BCUT2D eigenvalue weighted by Gasteiger charge is -2.30. The first-order valence-electron chi connectivity index (χ1n) is 6.63. The molecule has 0 atom stereocenters. The van der Waals surface area contributed by atoms with E-state index in [0.29, 0.717) is 17.4 Å². The summed E-state index contributed by atoms with van der Waals surface area (Å²) in [6.45, 7) is 0.908. The van der Waals surface area contributed by atoms with E-state index in [9.17, 15) is 5.26 Å². The van der Waals surface area contributed by atoms with Crippen LogP contribution in [0.25, 0.3) is 0 Å². The Morgan fingerprint density at radius 3 is 2.83 bits per heavy atom. The Labute approximate surface area is 107 Å². The monoisotopic (exact) mass is 242 g/mol. The number of fused-ring (bicyclic) bond motifs is 1. The molecule has 1 aliphatic carbocycles. The molecule has 0 saturated heterocycles. The van der Waals surface area contributed by atoms with Gasteiger partial charge in [0.25, 0.3) is 0 Å². The topological polar surface area (TPSA) is 65.1 Å². The Morgan fingerprint density at radius 2 is 2.11 bits per heavy atom. The van der Waals surface area contributed by atoms with Crippen molar-refractivity contribution in [1.29, 1.82) is 5.26 Å². The van der Waals surface area contributed by atoms with Crippen LogP contribution in [0.15, 0.2) is 34.9 Å². The van der Waals surface area contributed by atoms with Gasteiger partial charge in [-0.05, 0) is 18.4 Å². The van der Waals surface area contributed by atoms with Crippen LogP contribution in [0.1, 0.15) is 32.1 Å². The molecule has 0 amide bonds. The molecule has 2 heterocycles. The fourth-order valence-corrected chi connectivity index (χ4v) is 3.07. The number of nitrogens with one attached hydrogen (secondary N) is 1. The average molecular weight is 242 g/mol. The maximum atomic E-state index is 9.19. The third-order valence-electron chi connectivity index (χ3n) is 4.09. The number of dihydropyridines is 1. The summed E-state index contributed by atoms with van der Waals surface area (Å²) < 4.78 is 0. The summed E-state index contributed by atoms with van der Waals surface area (Å²) in [5, 5.41) is 12.2. The average Bonchev–Trinajstić information content (AvgIpc) is 2.84. The molecular weight excluding hydrogens is 224 g/mol. The minimum atomic E-state index is 0.470. The van der Waals surface area contributed by atoms with Crippen molar-refractivity contribution in [3.63, 3.8) is 0 Å². The van der Waals surface area contributed by atoms with E-state index in [2.05, 4.69) is 22.5 Å². The number of nitriles is 1. The highest BCUT2D eigenvalue weighted by atomic mass is 15.2. The van der Waals surface area contributed by atoms with Gasteiger partial charge in [0, 0.05) is 30.6 Å². The first-order valence-corrected chi connectivity index (χ1v) is 6.63. The fraction of sp³-hybridized carbons (Fsp3) is 0.500. The van der Waals surface area contributed by atoms with Gasteiger partial charge in [0.1, 0.15) is 17.5 Å². The van der Waals surface area contributed by atoms with E-state index in [1.54, 1.807) is 0 Å². The largest absolute Gasteiger partial charge is 0.384 e. The molecule has 1 saturated carbocycles. The number of rotatable bonds is 1. The molecule has 0 radical (unpaired) electrons. The second kappa shape index (κ2) is 4.41. The molecule has 0 aromatic rings. The van der Waals surface area contributed by atoms with Crippen LogP contribution in [0.3, 0.4) is 0 Å². The van der Waals surface area contributed by atoms with Gasteiger partial charge in [-0.25, -0.2) is 0 Å². The van der Waals surface area contributed by atoms with Gasteiger partial charge in [-0.2, -0.15) is 5.26 Å². The fourth-order valence-electron chi connectivity index (χ4n) is 3.07. The molecule has 94 valence electrons. The summed E-state index contributed by atoms with van der Waals surface area (Å²) in [7, 11) is 0. The molecule has 4 nitrogen and oxygen atoms in total. The van der Waals surface area contributed by atoms with E-state index < -0.39 is 0 Å². The molecule has 2 aliphatic heterocycles. The third-order valence-corrected chi connectivity index (χ3v) is 4.09. The molecule has 0 unspecified atom stereocenters. The number of nitrogens with two attached hydrogens (primary N) is 1. The van der Waals surface area contributed by atoms with E-state index >= 15 is 0 Å². The molecule has 3 aliphatic rings. The van der Waals surface area contributed by atoms with E-state index in [-0.39, 0.29) is 0 Å². The highest BCUT2D eigenvalue weighted by Crippen LogP contribution is 2.34. The third kappa shape index (κ3) is 1.76. The number of nitrogens with zero attached hydrogens (tertiary/aromatic N) is 2. The molecule has 0 aromatic carbocycles. The van der Waals surface area contributed by atoms with Crippen LogP contribution in [0.2, 0.25) is 0 Å². The lowest BCUT2D eigenvalue weighted by molar-refractivity contribution is 0.239. The second-order valence-electron chi connectivity index (χ2n) is 5.22. The van der Waals surface area contributed by atoms with Crippen molar-refractivity contribution in [2.24, 2.45) is 5.73 Å². The van der Waals surface area contributed by atoms with Crippen molar-refractivity contribution in [2.45, 2.75) is 38.1 Å². The van der Waals surface area contributed by atoms with Gasteiger partial charge >= 0.3 is 0 Å². The summed E-state index contributed by atoms with van der Waals surface area (Å²) >= 11 is 0. The van der Waals surface area contributed by atoms with Crippen molar-refractivity contribution >= 4 is 0 Å². The van der Waals surface area contributed by atoms with Gasteiger partial charge in [0.05, 0.1) is 0 Å². The Bertz CT molecular complexity index is 486. The summed E-state index contributed by atoms with van der Waals surface area (Å²) in [6, 6.07) is 2.84. The van der Waals surface area contributed by atoms with Crippen molar-refractivity contribution < 1.29 is 0 Å². The van der Waals surface area contributed by atoms with Crippen LogP contribution in [-0.4, -0.2) is 17.5 Å². The normalized spacial score (nSPS) is 24.1. The number of hydrogen-bond donors (Lipinski definition) is 2. The van der Waals surface area contributed by atoms with Crippen LogP contribution >= 0.6 is 0 Å². The lowest BCUT2D eigenvalue weighted by Crippen LogP contribution is -2.31. The predicted molar refractivity (Wildman–Crippen MR) is 69.7 cm³/mol. The smallest absolute Gasteiger partial charge is 0.119 e. The highest BCUT2D eigenvalue weighted by Gasteiger charge is 2.29. The second-order valence-corrected chi connectivity index (χ2v) is 5.22. The van der Waals surface area contributed by atoms with E-state index in [4.69, 9.17) is 5.73 Å². The summed E-state index contributed by atoms with van der Waals surface area (Å²) in [5.41, 5.74) is 8.60. The molecule has 4 heteroatoms. The van der Waals surface area contributed by atoms with Gasteiger partial charge in [-0.1, -0.05) is 19.3 Å². The predicted octanol–water partition coefficient (Wildman–Crippen LogP) is 1.70. The quantitative estimate of drug-likeness (QED) is 0.734. The van der Waals surface area contributed by atoms with Crippen LogP contribution in [-0.2, 0) is 0 Å². The van der Waals surface area contributed by atoms with Gasteiger partial charge < -0.3 is 16.0 Å². The van der Waals surface area contributed by atoms with Gasteiger partial charge in [-0.15, -0.1) is 0 Å². The minimum absolute atomic E-state index is 0.470. The zero-order chi connectivity index (χ0) is 12.5. The first kappa shape index (κ1) is 11.2. The first-order chi connectivity index (χ1) is 8.79. The maximum absolute atomic E-state index is 9.19. The van der Waals surface area contributed by atoms with Gasteiger partial charge in [-0.3, -0.25) is 0 Å². The Kier molecular flexibility index (Phi) is 2.75. The van der Waals surface area contributed by atoms with E-state index in [1.807, 2.05) is 6.20 Å². The Balaban J connectivity index is 1.85. The van der Waals surface area contributed by atoms with Crippen molar-refractivity contribution in [3.05, 3.63) is 34.9 Å². The molecule has 0 bridgehead atoms. The SMILES string of the molecule is N#CC1=C(N)NC=C2CN(C3CCCCC3)C=C21.